The first-order valence-electron chi connectivity index (χ1n) is 8.60. The zero-order valence-corrected chi connectivity index (χ0v) is 14.0. The number of aromatic nitrogens is 1. The third-order valence-corrected chi connectivity index (χ3v) is 5.63. The Morgan fingerprint density at radius 2 is 2.21 bits per heavy atom. The van der Waals surface area contributed by atoms with Gasteiger partial charge in [0.25, 0.3) is 0 Å². The van der Waals surface area contributed by atoms with Gasteiger partial charge in [-0.05, 0) is 30.0 Å². The molecule has 1 N–H and O–H groups in total. The van der Waals surface area contributed by atoms with E-state index in [4.69, 9.17) is 4.74 Å². The number of aromatic amines is 1. The van der Waals surface area contributed by atoms with Crippen LogP contribution >= 0.6 is 0 Å². The number of ether oxygens (including phenoxy) is 1. The summed E-state index contributed by atoms with van der Waals surface area (Å²) >= 11 is 0. The number of hydrogen-bond acceptors (Lipinski definition) is 3. The number of rotatable bonds is 2. The van der Waals surface area contributed by atoms with Crippen LogP contribution in [0.2, 0.25) is 0 Å². The van der Waals surface area contributed by atoms with Gasteiger partial charge in [-0.2, -0.15) is 0 Å². The number of carbonyl (C=O) groups is 2. The Morgan fingerprint density at radius 3 is 2.96 bits per heavy atom. The number of fused-ring (bicyclic) bond motifs is 2. The van der Waals surface area contributed by atoms with Gasteiger partial charge in [-0.3, -0.25) is 9.59 Å². The predicted molar refractivity (Wildman–Crippen MR) is 90.7 cm³/mol. The van der Waals surface area contributed by atoms with E-state index in [9.17, 15) is 9.59 Å². The largest absolute Gasteiger partial charge is 0.469 e. The molecule has 2 aromatic rings. The molecule has 0 saturated carbocycles. The summed E-state index contributed by atoms with van der Waals surface area (Å²) in [6.45, 7) is 2.35. The Labute approximate surface area is 141 Å². The number of carbonyl (C=O) groups excluding carboxylic acids is 2. The molecule has 0 unspecified atom stereocenters. The topological polar surface area (TPSA) is 62.4 Å². The van der Waals surface area contributed by atoms with Crippen LogP contribution in [-0.4, -0.2) is 41.5 Å². The molecular formula is C19H22N2O3. The molecule has 1 amide bonds. The molecule has 2 aliphatic rings. The van der Waals surface area contributed by atoms with Gasteiger partial charge in [-0.15, -0.1) is 0 Å². The van der Waals surface area contributed by atoms with Gasteiger partial charge in [0.1, 0.15) is 0 Å². The molecule has 1 saturated heterocycles. The molecule has 2 heterocycles. The first-order chi connectivity index (χ1) is 11.6. The molecule has 0 bridgehead atoms. The third-order valence-electron chi connectivity index (χ3n) is 5.63. The molecule has 5 nitrogen and oxygen atoms in total. The van der Waals surface area contributed by atoms with E-state index in [-0.39, 0.29) is 29.8 Å². The Bertz CT molecular complexity index is 810. The zero-order valence-electron chi connectivity index (χ0n) is 14.0. The van der Waals surface area contributed by atoms with Gasteiger partial charge in [0, 0.05) is 42.0 Å². The van der Waals surface area contributed by atoms with E-state index in [1.807, 2.05) is 17.9 Å². The van der Waals surface area contributed by atoms with Crippen molar-refractivity contribution < 1.29 is 14.3 Å². The summed E-state index contributed by atoms with van der Waals surface area (Å²) in [5.74, 6) is -0.160. The molecule has 3 atom stereocenters. The lowest BCUT2D eigenvalue weighted by molar-refractivity contribution is -0.151. The van der Waals surface area contributed by atoms with Crippen molar-refractivity contribution in [3.8, 4) is 0 Å². The number of esters is 1. The van der Waals surface area contributed by atoms with Crippen molar-refractivity contribution in [1.29, 1.82) is 0 Å². The number of amides is 1. The van der Waals surface area contributed by atoms with E-state index in [1.165, 1.54) is 23.6 Å². The maximum absolute atomic E-state index is 12.5. The average Bonchev–Trinajstić information content (AvgIpc) is 3.04. The second-order valence-corrected chi connectivity index (χ2v) is 6.82. The van der Waals surface area contributed by atoms with E-state index in [0.29, 0.717) is 13.0 Å². The number of benzene rings is 1. The number of piperidine rings is 1. The van der Waals surface area contributed by atoms with Gasteiger partial charge < -0.3 is 14.6 Å². The van der Waals surface area contributed by atoms with Crippen molar-refractivity contribution in [3.05, 3.63) is 35.5 Å². The lowest BCUT2D eigenvalue weighted by Gasteiger charge is -2.46. The predicted octanol–water partition coefficient (Wildman–Crippen LogP) is 2.61. The van der Waals surface area contributed by atoms with Crippen molar-refractivity contribution in [2.24, 2.45) is 5.92 Å². The third kappa shape index (κ3) is 2.14. The van der Waals surface area contributed by atoms with Crippen molar-refractivity contribution in [2.45, 2.75) is 38.1 Å². The molecule has 0 spiro atoms. The quantitative estimate of drug-likeness (QED) is 0.863. The van der Waals surface area contributed by atoms with E-state index < -0.39 is 0 Å². The highest BCUT2D eigenvalue weighted by Gasteiger charge is 2.44. The minimum absolute atomic E-state index is 0.116. The summed E-state index contributed by atoms with van der Waals surface area (Å²) in [5.41, 5.74) is 3.66. The summed E-state index contributed by atoms with van der Waals surface area (Å²) in [4.78, 5) is 30.0. The summed E-state index contributed by atoms with van der Waals surface area (Å²) in [6, 6.07) is 6.41. The monoisotopic (exact) mass is 326 g/mol. The highest BCUT2D eigenvalue weighted by molar-refractivity contribution is 5.89. The highest BCUT2D eigenvalue weighted by Crippen LogP contribution is 2.45. The molecule has 24 heavy (non-hydrogen) atoms. The molecule has 1 aromatic carbocycles. The van der Waals surface area contributed by atoms with Crippen molar-refractivity contribution in [2.75, 3.05) is 13.7 Å². The van der Waals surface area contributed by atoms with Crippen LogP contribution in [0.15, 0.2) is 24.4 Å². The van der Waals surface area contributed by atoms with Crippen molar-refractivity contribution in [3.63, 3.8) is 0 Å². The van der Waals surface area contributed by atoms with Gasteiger partial charge in [0.2, 0.25) is 5.91 Å². The smallest absolute Gasteiger partial charge is 0.310 e. The summed E-state index contributed by atoms with van der Waals surface area (Å²) < 4.78 is 4.98. The molecular weight excluding hydrogens is 304 g/mol. The second-order valence-electron chi connectivity index (χ2n) is 6.82. The zero-order chi connectivity index (χ0) is 16.8. The van der Waals surface area contributed by atoms with Gasteiger partial charge >= 0.3 is 5.97 Å². The van der Waals surface area contributed by atoms with Crippen LogP contribution in [0.3, 0.4) is 0 Å². The Morgan fingerprint density at radius 1 is 1.38 bits per heavy atom. The first kappa shape index (κ1) is 15.2. The SMILES string of the molecule is CCC(=O)N1C[C@H](C(=O)OC)C[C@@H]2c3cccc4[nH]cc(c34)C[C@H]21. The van der Waals surface area contributed by atoms with Gasteiger partial charge in [-0.1, -0.05) is 19.1 Å². The number of likely N-dealkylation sites (tertiary alicyclic amines) is 1. The van der Waals surface area contributed by atoms with Crippen LogP contribution < -0.4 is 0 Å². The second kappa shape index (κ2) is 5.65. The molecule has 1 aliphatic carbocycles. The normalized spacial score (nSPS) is 25.4. The Balaban J connectivity index is 1.81. The minimum atomic E-state index is -0.248. The van der Waals surface area contributed by atoms with Crippen LogP contribution in [0.1, 0.15) is 36.8 Å². The number of methoxy groups -OCH3 is 1. The van der Waals surface area contributed by atoms with Crippen LogP contribution in [0, 0.1) is 5.92 Å². The number of nitrogens with one attached hydrogen (secondary N) is 1. The van der Waals surface area contributed by atoms with E-state index in [0.717, 1.165) is 18.4 Å². The van der Waals surface area contributed by atoms with Gasteiger partial charge in [0.05, 0.1) is 13.0 Å². The van der Waals surface area contributed by atoms with Gasteiger partial charge in [0.15, 0.2) is 0 Å². The lowest BCUT2D eigenvalue weighted by Crippen LogP contribution is -2.53. The van der Waals surface area contributed by atoms with E-state index >= 15 is 0 Å². The Kier molecular flexibility index (Phi) is 3.59. The van der Waals surface area contributed by atoms with E-state index in [1.54, 1.807) is 0 Å². The number of hydrogen-bond donors (Lipinski definition) is 1. The average molecular weight is 326 g/mol. The summed E-state index contributed by atoms with van der Waals surface area (Å²) in [6.07, 6.45) is 4.11. The summed E-state index contributed by atoms with van der Waals surface area (Å²) in [5, 5.41) is 1.27. The fraction of sp³-hybridized carbons (Fsp3) is 0.474. The maximum Gasteiger partial charge on any atom is 0.310 e. The number of H-pyrrole nitrogens is 1. The van der Waals surface area contributed by atoms with Crippen LogP contribution in [0.25, 0.3) is 10.9 Å². The maximum atomic E-state index is 12.5. The van der Waals surface area contributed by atoms with E-state index in [2.05, 4.69) is 23.3 Å². The van der Waals surface area contributed by atoms with Gasteiger partial charge in [-0.25, -0.2) is 0 Å². The fourth-order valence-corrected chi connectivity index (χ4v) is 4.52. The summed E-state index contributed by atoms with van der Waals surface area (Å²) in [7, 11) is 1.42. The standard InChI is InChI=1S/C19H22N2O3/c1-3-17(22)21-10-12(19(23)24-2)7-14-13-5-4-6-15-18(13)11(9-20-15)8-16(14)21/h4-6,9,12,14,16,20H,3,7-8,10H2,1-2H3/t12-,14-,16-/m1/s1. The Hall–Kier alpha value is -2.30. The molecule has 1 aromatic heterocycles. The minimum Gasteiger partial charge on any atom is -0.469 e. The molecule has 1 aliphatic heterocycles. The lowest BCUT2D eigenvalue weighted by atomic mass is 9.72. The highest BCUT2D eigenvalue weighted by atomic mass is 16.5. The van der Waals surface area contributed by atoms with Crippen LogP contribution in [0.4, 0.5) is 0 Å². The number of nitrogens with zero attached hydrogens (tertiary/aromatic N) is 1. The fourth-order valence-electron chi connectivity index (χ4n) is 4.52. The first-order valence-corrected chi connectivity index (χ1v) is 8.60. The molecule has 126 valence electrons. The van der Waals surface area contributed by atoms with Crippen molar-refractivity contribution >= 4 is 22.8 Å². The van der Waals surface area contributed by atoms with Crippen LogP contribution in [0.5, 0.6) is 0 Å². The van der Waals surface area contributed by atoms with Crippen LogP contribution in [-0.2, 0) is 20.7 Å². The molecule has 4 rings (SSSR count). The molecule has 0 radical (unpaired) electrons. The molecule has 5 heteroatoms. The molecule has 1 fully saturated rings. The van der Waals surface area contributed by atoms with Crippen molar-refractivity contribution in [1.82, 2.24) is 9.88 Å².